The fourth-order valence-corrected chi connectivity index (χ4v) is 2.61. The molecule has 0 aliphatic heterocycles. The number of nitrogens with one attached hydrogen (secondary N) is 1. The van der Waals surface area contributed by atoms with Crippen molar-refractivity contribution in [1.29, 1.82) is 0 Å². The van der Waals surface area contributed by atoms with Crippen LogP contribution in [-0.2, 0) is 9.53 Å². The number of likely N-dealkylation sites (N-methyl/N-ethyl adjacent to an activating group) is 1. The Morgan fingerprint density at radius 1 is 1.48 bits per heavy atom. The molecule has 0 amide bonds. The molecule has 1 fully saturated rings. The SMILES string of the molecule is CCNC(COc1cc(F)ccc1C)(C(=O)OC)C1CC1. The fraction of sp³-hybridized carbons (Fsp3) is 0.562. The zero-order chi connectivity index (χ0) is 15.5. The molecule has 2 rings (SSSR count). The smallest absolute Gasteiger partial charge is 0.329 e. The van der Waals surface area contributed by atoms with Gasteiger partial charge in [0.15, 0.2) is 5.54 Å². The van der Waals surface area contributed by atoms with E-state index in [1.54, 1.807) is 6.07 Å². The first-order valence-electron chi connectivity index (χ1n) is 7.26. The summed E-state index contributed by atoms with van der Waals surface area (Å²) in [7, 11) is 1.38. The van der Waals surface area contributed by atoms with Gasteiger partial charge in [0.1, 0.15) is 18.2 Å². The van der Waals surface area contributed by atoms with Crippen LogP contribution in [0.15, 0.2) is 18.2 Å². The zero-order valence-electron chi connectivity index (χ0n) is 12.7. The lowest BCUT2D eigenvalue weighted by Gasteiger charge is -2.32. The maximum absolute atomic E-state index is 13.3. The largest absolute Gasteiger partial charge is 0.491 e. The summed E-state index contributed by atoms with van der Waals surface area (Å²) in [5, 5.41) is 3.22. The monoisotopic (exact) mass is 295 g/mol. The lowest BCUT2D eigenvalue weighted by Crippen LogP contribution is -2.58. The Labute approximate surface area is 124 Å². The van der Waals surface area contributed by atoms with Gasteiger partial charge in [0.05, 0.1) is 7.11 Å². The fourth-order valence-electron chi connectivity index (χ4n) is 2.61. The molecule has 0 spiro atoms. The molecule has 1 aromatic carbocycles. The van der Waals surface area contributed by atoms with Gasteiger partial charge in [-0.1, -0.05) is 13.0 Å². The second kappa shape index (κ2) is 6.43. The highest BCUT2D eigenvalue weighted by molar-refractivity contribution is 5.82. The number of aryl methyl sites for hydroxylation is 1. The number of carbonyl (C=O) groups is 1. The Kier molecular flexibility index (Phi) is 4.83. The molecule has 21 heavy (non-hydrogen) atoms. The summed E-state index contributed by atoms with van der Waals surface area (Å²) in [6.45, 7) is 4.56. The standard InChI is InChI=1S/C16H22FNO3/c1-4-18-16(12-6-7-12,15(19)20-3)10-21-14-9-13(17)8-5-11(14)2/h5,8-9,12,18H,4,6-7,10H2,1-3H3. The Bertz CT molecular complexity index is 516. The maximum Gasteiger partial charge on any atom is 0.329 e. The second-order valence-corrected chi connectivity index (χ2v) is 5.47. The molecule has 1 aliphatic rings. The molecule has 1 atom stereocenters. The van der Waals surface area contributed by atoms with E-state index in [4.69, 9.17) is 9.47 Å². The highest BCUT2D eigenvalue weighted by Crippen LogP contribution is 2.41. The van der Waals surface area contributed by atoms with Crippen molar-refractivity contribution < 1.29 is 18.7 Å². The average molecular weight is 295 g/mol. The molecule has 116 valence electrons. The number of halogens is 1. The number of benzene rings is 1. The molecule has 1 unspecified atom stereocenters. The molecular formula is C16H22FNO3. The number of rotatable bonds is 7. The van der Waals surface area contributed by atoms with E-state index in [9.17, 15) is 9.18 Å². The van der Waals surface area contributed by atoms with Crippen molar-refractivity contribution >= 4 is 5.97 Å². The van der Waals surface area contributed by atoms with Crippen LogP contribution in [0.4, 0.5) is 4.39 Å². The summed E-state index contributed by atoms with van der Waals surface area (Å²) in [6, 6.07) is 4.39. The molecule has 1 aliphatic carbocycles. The topological polar surface area (TPSA) is 47.6 Å². The van der Waals surface area contributed by atoms with Crippen LogP contribution in [0.3, 0.4) is 0 Å². The molecule has 0 radical (unpaired) electrons. The number of ether oxygens (including phenoxy) is 2. The van der Waals surface area contributed by atoms with Gasteiger partial charge in [-0.2, -0.15) is 0 Å². The van der Waals surface area contributed by atoms with Gasteiger partial charge in [0.25, 0.3) is 0 Å². The van der Waals surface area contributed by atoms with Crippen LogP contribution in [0.1, 0.15) is 25.3 Å². The van der Waals surface area contributed by atoms with Crippen molar-refractivity contribution in [2.45, 2.75) is 32.2 Å². The van der Waals surface area contributed by atoms with Gasteiger partial charge in [-0.05, 0) is 43.9 Å². The van der Waals surface area contributed by atoms with Gasteiger partial charge in [0, 0.05) is 6.07 Å². The van der Waals surface area contributed by atoms with Crippen LogP contribution in [0.5, 0.6) is 5.75 Å². The van der Waals surface area contributed by atoms with Crippen molar-refractivity contribution in [3.63, 3.8) is 0 Å². The zero-order valence-corrected chi connectivity index (χ0v) is 12.7. The molecule has 0 saturated heterocycles. The van der Waals surface area contributed by atoms with Crippen molar-refractivity contribution in [1.82, 2.24) is 5.32 Å². The van der Waals surface area contributed by atoms with Gasteiger partial charge in [-0.15, -0.1) is 0 Å². The van der Waals surface area contributed by atoms with Gasteiger partial charge in [0.2, 0.25) is 0 Å². The Morgan fingerprint density at radius 3 is 2.76 bits per heavy atom. The highest BCUT2D eigenvalue weighted by atomic mass is 19.1. The third-order valence-electron chi connectivity index (χ3n) is 3.92. The van der Waals surface area contributed by atoms with E-state index in [1.807, 2.05) is 13.8 Å². The Morgan fingerprint density at radius 2 is 2.19 bits per heavy atom. The van der Waals surface area contributed by atoms with Crippen molar-refractivity contribution in [3.8, 4) is 5.75 Å². The van der Waals surface area contributed by atoms with Crippen molar-refractivity contribution in [2.24, 2.45) is 5.92 Å². The number of carbonyl (C=O) groups excluding carboxylic acids is 1. The highest BCUT2D eigenvalue weighted by Gasteiger charge is 2.52. The Balaban J connectivity index is 2.18. The summed E-state index contributed by atoms with van der Waals surface area (Å²) >= 11 is 0. The van der Waals surface area contributed by atoms with Crippen LogP contribution in [0, 0.1) is 18.7 Å². The first-order valence-corrected chi connectivity index (χ1v) is 7.26. The van der Waals surface area contributed by atoms with E-state index in [1.165, 1.54) is 19.2 Å². The third kappa shape index (κ3) is 3.35. The maximum atomic E-state index is 13.3. The minimum absolute atomic E-state index is 0.141. The third-order valence-corrected chi connectivity index (χ3v) is 3.92. The number of hydrogen-bond donors (Lipinski definition) is 1. The molecular weight excluding hydrogens is 273 g/mol. The van der Waals surface area contributed by atoms with Crippen molar-refractivity contribution in [2.75, 3.05) is 20.3 Å². The van der Waals surface area contributed by atoms with E-state index in [0.29, 0.717) is 12.3 Å². The predicted octanol–water partition coefficient (Wildman–Crippen LogP) is 2.44. The number of esters is 1. The summed E-state index contributed by atoms with van der Waals surface area (Å²) in [6.07, 6.45) is 1.93. The van der Waals surface area contributed by atoms with Gasteiger partial charge in [-0.25, -0.2) is 9.18 Å². The van der Waals surface area contributed by atoms with Gasteiger partial charge < -0.3 is 9.47 Å². The van der Waals surface area contributed by atoms with Crippen LogP contribution in [0.25, 0.3) is 0 Å². The summed E-state index contributed by atoms with van der Waals surface area (Å²) in [5.41, 5.74) is -0.00937. The van der Waals surface area contributed by atoms with E-state index in [-0.39, 0.29) is 24.3 Å². The Hall–Kier alpha value is -1.62. The lowest BCUT2D eigenvalue weighted by atomic mass is 9.94. The second-order valence-electron chi connectivity index (χ2n) is 5.47. The van der Waals surface area contributed by atoms with Crippen molar-refractivity contribution in [3.05, 3.63) is 29.6 Å². The lowest BCUT2D eigenvalue weighted by molar-refractivity contribution is -0.151. The molecule has 0 aromatic heterocycles. The van der Waals surface area contributed by atoms with E-state index >= 15 is 0 Å². The molecule has 1 saturated carbocycles. The van der Waals surface area contributed by atoms with Crippen LogP contribution < -0.4 is 10.1 Å². The first kappa shape index (κ1) is 15.8. The predicted molar refractivity (Wildman–Crippen MR) is 77.8 cm³/mol. The number of methoxy groups -OCH3 is 1. The van der Waals surface area contributed by atoms with Crippen LogP contribution >= 0.6 is 0 Å². The summed E-state index contributed by atoms with van der Waals surface area (Å²) in [5.74, 6) is -0.00403. The van der Waals surface area contributed by atoms with E-state index in [2.05, 4.69) is 5.32 Å². The molecule has 5 heteroatoms. The molecule has 1 aromatic rings. The molecule has 1 N–H and O–H groups in total. The van der Waals surface area contributed by atoms with Gasteiger partial charge in [-0.3, -0.25) is 5.32 Å². The summed E-state index contributed by atoms with van der Waals surface area (Å²) < 4.78 is 24.0. The normalized spacial score (nSPS) is 17.1. The van der Waals surface area contributed by atoms with Gasteiger partial charge >= 0.3 is 5.97 Å². The van der Waals surface area contributed by atoms with E-state index < -0.39 is 5.54 Å². The molecule has 0 bridgehead atoms. The first-order chi connectivity index (χ1) is 10.0. The average Bonchev–Trinajstić information content (AvgIpc) is 3.31. The number of hydrogen-bond acceptors (Lipinski definition) is 4. The van der Waals surface area contributed by atoms with Crippen LogP contribution in [0.2, 0.25) is 0 Å². The molecule has 0 heterocycles. The molecule has 4 nitrogen and oxygen atoms in total. The van der Waals surface area contributed by atoms with E-state index in [0.717, 1.165) is 18.4 Å². The summed E-state index contributed by atoms with van der Waals surface area (Å²) in [4.78, 5) is 12.2. The minimum Gasteiger partial charge on any atom is -0.491 e. The minimum atomic E-state index is -0.845. The quantitative estimate of drug-likeness (QED) is 0.785. The van der Waals surface area contributed by atoms with Crippen LogP contribution in [-0.4, -0.2) is 31.8 Å².